The summed E-state index contributed by atoms with van der Waals surface area (Å²) >= 11 is 3.50. The first-order chi connectivity index (χ1) is 13.9. The maximum Gasteiger partial charge on any atom is 0.275 e. The third-order valence-electron chi connectivity index (χ3n) is 5.14. The van der Waals surface area contributed by atoms with E-state index < -0.39 is 0 Å². The number of hydrogen-bond donors (Lipinski definition) is 1. The van der Waals surface area contributed by atoms with E-state index in [0.717, 1.165) is 26.8 Å². The fourth-order valence-corrected chi connectivity index (χ4v) is 4.06. The number of halogens is 1. The quantitative estimate of drug-likeness (QED) is 0.461. The van der Waals surface area contributed by atoms with Crippen LogP contribution in [0.5, 0.6) is 0 Å². The Morgan fingerprint density at radius 2 is 1.86 bits per heavy atom. The molecule has 1 amide bonds. The monoisotopic (exact) mass is 451 g/mol. The van der Waals surface area contributed by atoms with E-state index in [1.807, 2.05) is 73.0 Å². The standard InChI is InChI=1S/C23H22BrN3O2/c1-15-7-9-18(16(2)13-15)25-22(28)6-4-12-27-21-14-17(24)8-10-19(21)26-11-3-5-20(26)23(27)29/h3,5,7-11,13-14H,4,6,12H2,1-2H3,(H,25,28). The highest BCUT2D eigenvalue weighted by molar-refractivity contribution is 9.10. The molecule has 5 nitrogen and oxygen atoms in total. The lowest BCUT2D eigenvalue weighted by Gasteiger charge is -2.13. The summed E-state index contributed by atoms with van der Waals surface area (Å²) in [5.41, 5.74) is 5.45. The summed E-state index contributed by atoms with van der Waals surface area (Å²) in [4.78, 5) is 25.4. The molecule has 6 heteroatoms. The highest BCUT2D eigenvalue weighted by Crippen LogP contribution is 2.21. The van der Waals surface area contributed by atoms with Crippen LogP contribution >= 0.6 is 15.9 Å². The highest BCUT2D eigenvalue weighted by Gasteiger charge is 2.12. The lowest BCUT2D eigenvalue weighted by atomic mass is 10.1. The van der Waals surface area contributed by atoms with Crippen LogP contribution in [0.25, 0.3) is 16.6 Å². The summed E-state index contributed by atoms with van der Waals surface area (Å²) < 4.78 is 4.59. The summed E-state index contributed by atoms with van der Waals surface area (Å²) in [5.74, 6) is -0.0424. The molecule has 0 radical (unpaired) electrons. The Balaban J connectivity index is 1.55. The van der Waals surface area contributed by atoms with Crippen molar-refractivity contribution >= 4 is 44.1 Å². The predicted molar refractivity (Wildman–Crippen MR) is 121 cm³/mol. The fraction of sp³-hybridized carbons (Fsp3) is 0.217. The Kier molecular flexibility index (Phi) is 5.28. The van der Waals surface area contributed by atoms with Gasteiger partial charge in [-0.2, -0.15) is 0 Å². The van der Waals surface area contributed by atoms with E-state index >= 15 is 0 Å². The molecule has 0 aliphatic rings. The van der Waals surface area contributed by atoms with Crippen molar-refractivity contribution in [1.82, 2.24) is 8.97 Å². The van der Waals surface area contributed by atoms with Gasteiger partial charge in [-0.15, -0.1) is 0 Å². The van der Waals surface area contributed by atoms with E-state index in [9.17, 15) is 9.59 Å². The van der Waals surface area contributed by atoms with Crippen molar-refractivity contribution in [2.75, 3.05) is 5.32 Å². The average molecular weight is 452 g/mol. The predicted octanol–water partition coefficient (Wildman–Crippen LogP) is 5.05. The maximum absolute atomic E-state index is 13.0. The van der Waals surface area contributed by atoms with Crippen LogP contribution in [0.2, 0.25) is 0 Å². The number of carbonyl (C=O) groups is 1. The molecule has 0 aliphatic heterocycles. The van der Waals surface area contributed by atoms with Crippen LogP contribution in [0.15, 0.2) is 64.0 Å². The fourth-order valence-electron chi connectivity index (χ4n) is 3.72. The van der Waals surface area contributed by atoms with Crippen LogP contribution in [0.4, 0.5) is 5.69 Å². The van der Waals surface area contributed by atoms with Crippen molar-refractivity contribution in [2.45, 2.75) is 33.2 Å². The molecule has 0 saturated carbocycles. The molecule has 148 valence electrons. The third-order valence-corrected chi connectivity index (χ3v) is 5.64. The van der Waals surface area contributed by atoms with Crippen molar-refractivity contribution in [3.63, 3.8) is 0 Å². The molecular weight excluding hydrogens is 430 g/mol. The van der Waals surface area contributed by atoms with Gasteiger partial charge in [-0.1, -0.05) is 33.6 Å². The van der Waals surface area contributed by atoms with Crippen LogP contribution in [0, 0.1) is 13.8 Å². The van der Waals surface area contributed by atoms with Crippen molar-refractivity contribution in [1.29, 1.82) is 0 Å². The Morgan fingerprint density at radius 1 is 1.03 bits per heavy atom. The number of benzene rings is 2. The summed E-state index contributed by atoms with van der Waals surface area (Å²) in [6.45, 7) is 4.49. The van der Waals surface area contributed by atoms with Gasteiger partial charge >= 0.3 is 0 Å². The van der Waals surface area contributed by atoms with Crippen LogP contribution in [0.1, 0.15) is 24.0 Å². The Labute approximate surface area is 177 Å². The van der Waals surface area contributed by atoms with Crippen molar-refractivity contribution in [2.24, 2.45) is 0 Å². The van der Waals surface area contributed by atoms with Gasteiger partial charge in [0.05, 0.1) is 11.0 Å². The third kappa shape index (κ3) is 3.85. The highest BCUT2D eigenvalue weighted by atomic mass is 79.9. The number of hydrogen-bond acceptors (Lipinski definition) is 2. The van der Waals surface area contributed by atoms with Crippen LogP contribution in [0.3, 0.4) is 0 Å². The summed E-state index contributed by atoms with van der Waals surface area (Å²) in [6, 6.07) is 15.6. The number of fused-ring (bicyclic) bond motifs is 3. The van der Waals surface area contributed by atoms with Crippen molar-refractivity contribution < 1.29 is 4.79 Å². The summed E-state index contributed by atoms with van der Waals surface area (Å²) in [5, 5.41) is 2.97. The zero-order valence-electron chi connectivity index (χ0n) is 16.4. The van der Waals surface area contributed by atoms with Gasteiger partial charge in [-0.05, 0) is 62.2 Å². The SMILES string of the molecule is Cc1ccc(NC(=O)CCCn2c(=O)c3cccn3c3ccc(Br)cc32)c(C)c1. The van der Waals surface area contributed by atoms with Gasteiger partial charge in [-0.25, -0.2) is 0 Å². The molecule has 0 saturated heterocycles. The second kappa shape index (κ2) is 7.87. The molecule has 2 aromatic carbocycles. The number of aryl methyl sites for hydroxylation is 3. The van der Waals surface area contributed by atoms with E-state index in [-0.39, 0.29) is 11.5 Å². The Hall–Kier alpha value is -2.86. The minimum atomic E-state index is -0.0459. The lowest BCUT2D eigenvalue weighted by molar-refractivity contribution is -0.116. The zero-order chi connectivity index (χ0) is 20.5. The molecule has 0 fully saturated rings. The van der Waals surface area contributed by atoms with Gasteiger partial charge in [0.2, 0.25) is 5.91 Å². The largest absolute Gasteiger partial charge is 0.326 e. The van der Waals surface area contributed by atoms with Gasteiger partial charge < -0.3 is 14.3 Å². The van der Waals surface area contributed by atoms with Crippen molar-refractivity contribution in [3.05, 3.63) is 80.7 Å². The van der Waals surface area contributed by atoms with Gasteiger partial charge in [0.15, 0.2) is 0 Å². The van der Waals surface area contributed by atoms with Crippen LogP contribution in [-0.4, -0.2) is 14.9 Å². The van der Waals surface area contributed by atoms with E-state index in [1.54, 1.807) is 4.57 Å². The molecule has 29 heavy (non-hydrogen) atoms. The first-order valence-electron chi connectivity index (χ1n) is 9.60. The van der Waals surface area contributed by atoms with E-state index in [2.05, 4.69) is 21.2 Å². The van der Waals surface area contributed by atoms with Gasteiger partial charge in [0.1, 0.15) is 5.52 Å². The topological polar surface area (TPSA) is 55.5 Å². The number of nitrogens with zero attached hydrogens (tertiary/aromatic N) is 2. The lowest BCUT2D eigenvalue weighted by Crippen LogP contribution is -2.23. The van der Waals surface area contributed by atoms with E-state index in [4.69, 9.17) is 0 Å². The molecule has 0 bridgehead atoms. The normalized spacial score (nSPS) is 11.3. The molecule has 2 heterocycles. The second-order valence-corrected chi connectivity index (χ2v) is 8.24. The maximum atomic E-state index is 13.0. The second-order valence-electron chi connectivity index (χ2n) is 7.32. The van der Waals surface area contributed by atoms with Gasteiger partial charge in [0, 0.05) is 29.3 Å². The number of rotatable bonds is 5. The number of carbonyl (C=O) groups excluding carboxylic acids is 1. The first kappa shape index (κ1) is 19.5. The molecule has 0 unspecified atom stereocenters. The number of amides is 1. The molecule has 4 aromatic rings. The van der Waals surface area contributed by atoms with E-state index in [1.165, 1.54) is 5.56 Å². The summed E-state index contributed by atoms with van der Waals surface area (Å²) in [6.07, 6.45) is 2.82. The first-order valence-corrected chi connectivity index (χ1v) is 10.4. The molecule has 0 aliphatic carbocycles. The average Bonchev–Trinajstić information content (AvgIpc) is 3.17. The molecule has 0 spiro atoms. The Morgan fingerprint density at radius 3 is 2.66 bits per heavy atom. The molecule has 2 aromatic heterocycles. The molecular formula is C23H22BrN3O2. The zero-order valence-corrected chi connectivity index (χ0v) is 18.0. The van der Waals surface area contributed by atoms with Crippen LogP contribution < -0.4 is 10.9 Å². The summed E-state index contributed by atoms with van der Waals surface area (Å²) in [7, 11) is 0. The molecule has 0 atom stereocenters. The van der Waals surface area contributed by atoms with Crippen molar-refractivity contribution in [3.8, 4) is 0 Å². The van der Waals surface area contributed by atoms with Crippen LogP contribution in [-0.2, 0) is 11.3 Å². The minimum absolute atomic E-state index is 0.0424. The Bertz CT molecular complexity index is 1290. The van der Waals surface area contributed by atoms with Gasteiger partial charge in [-0.3, -0.25) is 9.59 Å². The number of nitrogens with one attached hydrogen (secondary N) is 1. The minimum Gasteiger partial charge on any atom is -0.326 e. The van der Waals surface area contributed by atoms with Gasteiger partial charge in [0.25, 0.3) is 5.56 Å². The molecule has 1 N–H and O–H groups in total. The van der Waals surface area contributed by atoms with E-state index in [0.29, 0.717) is 24.9 Å². The number of aromatic nitrogens is 2. The number of anilines is 1. The molecule has 4 rings (SSSR count). The smallest absolute Gasteiger partial charge is 0.275 e.